The van der Waals surface area contributed by atoms with Gasteiger partial charge >= 0.3 is 5.95 Å². The standard InChI is InChI=1S/C28H17NO3/c30-27-25-22(32-28(27)31)15-14-21-24(25)23-19-12-6-4-10-17(19)18-11-5-7-13-20(18)26(23)29(21)16-8-2-1-3-9-16/h1-15,30-31H. The van der Waals surface area contributed by atoms with Crippen molar-refractivity contribution in [2.75, 3.05) is 0 Å². The van der Waals surface area contributed by atoms with E-state index in [0.717, 1.165) is 43.7 Å². The van der Waals surface area contributed by atoms with Crippen LogP contribution in [-0.4, -0.2) is 14.8 Å². The summed E-state index contributed by atoms with van der Waals surface area (Å²) in [4.78, 5) is 0. The minimum atomic E-state index is -0.460. The van der Waals surface area contributed by atoms with Gasteiger partial charge in [0.2, 0.25) is 5.75 Å². The van der Waals surface area contributed by atoms with Gasteiger partial charge in [0.25, 0.3) is 0 Å². The zero-order valence-electron chi connectivity index (χ0n) is 16.9. The molecule has 152 valence electrons. The second kappa shape index (κ2) is 6.05. The van der Waals surface area contributed by atoms with Gasteiger partial charge in [0, 0.05) is 21.8 Å². The topological polar surface area (TPSA) is 58.5 Å². The Kier molecular flexibility index (Phi) is 3.26. The van der Waals surface area contributed by atoms with E-state index in [4.69, 9.17) is 4.42 Å². The lowest BCUT2D eigenvalue weighted by Gasteiger charge is -2.11. The van der Waals surface area contributed by atoms with E-state index < -0.39 is 5.95 Å². The third kappa shape index (κ3) is 2.06. The fourth-order valence-electron chi connectivity index (χ4n) is 5.17. The van der Waals surface area contributed by atoms with Crippen LogP contribution in [0.3, 0.4) is 0 Å². The van der Waals surface area contributed by atoms with Gasteiger partial charge in [0.15, 0.2) is 0 Å². The number of benzene rings is 5. The zero-order valence-corrected chi connectivity index (χ0v) is 16.9. The highest BCUT2D eigenvalue weighted by atomic mass is 16.5. The summed E-state index contributed by atoms with van der Waals surface area (Å²) in [6.45, 7) is 0. The predicted molar refractivity (Wildman–Crippen MR) is 129 cm³/mol. The molecule has 0 aliphatic heterocycles. The van der Waals surface area contributed by atoms with Crippen molar-refractivity contribution in [3.05, 3.63) is 91.0 Å². The smallest absolute Gasteiger partial charge is 0.327 e. The lowest BCUT2D eigenvalue weighted by atomic mass is 9.96. The number of fused-ring (bicyclic) bond motifs is 10. The first-order chi connectivity index (χ1) is 15.7. The molecule has 4 nitrogen and oxygen atoms in total. The van der Waals surface area contributed by atoms with Crippen LogP contribution in [0.1, 0.15) is 0 Å². The molecule has 0 atom stereocenters. The molecule has 4 heteroatoms. The number of aromatic hydroxyl groups is 2. The highest BCUT2D eigenvalue weighted by molar-refractivity contribution is 6.36. The van der Waals surface area contributed by atoms with Crippen molar-refractivity contribution in [1.82, 2.24) is 4.57 Å². The average molecular weight is 415 g/mol. The highest BCUT2D eigenvalue weighted by Crippen LogP contribution is 2.48. The number of furan rings is 1. The summed E-state index contributed by atoms with van der Waals surface area (Å²) in [5, 5.41) is 27.9. The Bertz CT molecular complexity index is 1840. The number of aromatic nitrogens is 1. The molecule has 2 heterocycles. The van der Waals surface area contributed by atoms with E-state index in [2.05, 4.69) is 53.1 Å². The molecule has 0 aliphatic rings. The molecule has 0 saturated carbocycles. The lowest BCUT2D eigenvalue weighted by Crippen LogP contribution is -1.94. The monoisotopic (exact) mass is 415 g/mol. The fourth-order valence-corrected chi connectivity index (χ4v) is 5.17. The first-order valence-corrected chi connectivity index (χ1v) is 10.5. The Morgan fingerprint density at radius 2 is 1.19 bits per heavy atom. The van der Waals surface area contributed by atoms with Crippen molar-refractivity contribution >= 4 is 54.3 Å². The summed E-state index contributed by atoms with van der Waals surface area (Å²) in [6.07, 6.45) is 0. The predicted octanol–water partition coefficient (Wildman–Crippen LogP) is 7.25. The van der Waals surface area contributed by atoms with Gasteiger partial charge in [-0.05, 0) is 40.4 Å². The van der Waals surface area contributed by atoms with Gasteiger partial charge < -0.3 is 19.2 Å². The van der Waals surface area contributed by atoms with Crippen LogP contribution in [0.5, 0.6) is 11.7 Å². The van der Waals surface area contributed by atoms with Crippen LogP contribution < -0.4 is 0 Å². The fraction of sp³-hybridized carbons (Fsp3) is 0. The van der Waals surface area contributed by atoms with Gasteiger partial charge in [-0.3, -0.25) is 0 Å². The zero-order chi connectivity index (χ0) is 21.4. The van der Waals surface area contributed by atoms with Crippen LogP contribution >= 0.6 is 0 Å². The van der Waals surface area contributed by atoms with Crippen molar-refractivity contribution in [3.63, 3.8) is 0 Å². The van der Waals surface area contributed by atoms with Crippen molar-refractivity contribution in [2.24, 2.45) is 0 Å². The van der Waals surface area contributed by atoms with Gasteiger partial charge in [0.05, 0.1) is 16.4 Å². The van der Waals surface area contributed by atoms with E-state index in [9.17, 15) is 10.2 Å². The van der Waals surface area contributed by atoms with Gasteiger partial charge in [-0.15, -0.1) is 0 Å². The maximum atomic E-state index is 10.8. The molecule has 0 fully saturated rings. The molecular weight excluding hydrogens is 398 g/mol. The summed E-state index contributed by atoms with van der Waals surface area (Å²) in [5.74, 6) is -0.687. The van der Waals surface area contributed by atoms with Crippen LogP contribution in [0.2, 0.25) is 0 Å². The Labute approximate surface area is 182 Å². The van der Waals surface area contributed by atoms with Crippen molar-refractivity contribution < 1.29 is 14.6 Å². The number of hydrogen-bond acceptors (Lipinski definition) is 3. The molecule has 2 N–H and O–H groups in total. The SMILES string of the molecule is Oc1oc2ccc3c(c2c1O)c1c2ccccc2c2ccccc2c1n3-c1ccccc1. The van der Waals surface area contributed by atoms with E-state index in [1.165, 1.54) is 5.39 Å². The summed E-state index contributed by atoms with van der Waals surface area (Å²) in [7, 11) is 0. The first kappa shape index (κ1) is 17.3. The molecule has 7 rings (SSSR count). The first-order valence-electron chi connectivity index (χ1n) is 10.5. The molecule has 2 aromatic heterocycles. The van der Waals surface area contributed by atoms with Crippen molar-refractivity contribution in [2.45, 2.75) is 0 Å². The molecule has 0 saturated heterocycles. The lowest BCUT2D eigenvalue weighted by molar-refractivity contribution is 0.316. The molecule has 0 radical (unpaired) electrons. The number of rotatable bonds is 1. The third-order valence-electron chi connectivity index (χ3n) is 6.43. The number of hydrogen-bond donors (Lipinski definition) is 2. The maximum absolute atomic E-state index is 10.8. The average Bonchev–Trinajstić information content (AvgIpc) is 3.34. The molecule has 32 heavy (non-hydrogen) atoms. The molecule has 0 spiro atoms. The molecule has 0 aliphatic carbocycles. The summed E-state index contributed by atoms with van der Waals surface area (Å²) < 4.78 is 7.70. The van der Waals surface area contributed by atoms with Crippen LogP contribution in [0.4, 0.5) is 0 Å². The minimum Gasteiger partial charge on any atom is -0.501 e. The molecule has 7 aromatic rings. The molecular formula is C28H17NO3. The van der Waals surface area contributed by atoms with Gasteiger partial charge in [-0.2, -0.15) is 0 Å². The van der Waals surface area contributed by atoms with Crippen LogP contribution in [0.15, 0.2) is 95.4 Å². The highest BCUT2D eigenvalue weighted by Gasteiger charge is 2.24. The van der Waals surface area contributed by atoms with E-state index in [-0.39, 0.29) is 5.75 Å². The Morgan fingerprint density at radius 3 is 1.94 bits per heavy atom. The third-order valence-corrected chi connectivity index (χ3v) is 6.43. The second-order valence-corrected chi connectivity index (χ2v) is 8.07. The summed E-state index contributed by atoms with van der Waals surface area (Å²) in [5.41, 5.74) is 3.49. The number of nitrogens with zero attached hydrogens (tertiary/aromatic N) is 1. The van der Waals surface area contributed by atoms with Gasteiger partial charge in [-0.1, -0.05) is 66.7 Å². The van der Waals surface area contributed by atoms with E-state index in [0.29, 0.717) is 11.0 Å². The largest absolute Gasteiger partial charge is 0.501 e. The van der Waals surface area contributed by atoms with Crippen LogP contribution in [-0.2, 0) is 0 Å². The summed E-state index contributed by atoms with van der Waals surface area (Å²) >= 11 is 0. The summed E-state index contributed by atoms with van der Waals surface area (Å²) in [6, 6.07) is 30.8. The normalized spacial score (nSPS) is 12.0. The van der Waals surface area contributed by atoms with Crippen molar-refractivity contribution in [1.29, 1.82) is 0 Å². The van der Waals surface area contributed by atoms with E-state index >= 15 is 0 Å². The molecule has 0 unspecified atom stereocenters. The van der Waals surface area contributed by atoms with Crippen LogP contribution in [0, 0.1) is 0 Å². The number of para-hydroxylation sites is 1. The van der Waals surface area contributed by atoms with Crippen molar-refractivity contribution in [3.8, 4) is 17.4 Å². The molecule has 0 bridgehead atoms. The van der Waals surface area contributed by atoms with E-state index in [1.54, 1.807) is 6.07 Å². The second-order valence-electron chi connectivity index (χ2n) is 8.07. The molecule has 0 amide bonds. The Morgan fingerprint density at radius 1 is 0.562 bits per heavy atom. The maximum Gasteiger partial charge on any atom is 0.327 e. The van der Waals surface area contributed by atoms with Gasteiger partial charge in [-0.25, -0.2) is 0 Å². The van der Waals surface area contributed by atoms with E-state index in [1.807, 2.05) is 36.4 Å². The Balaban J connectivity index is 1.92. The quantitative estimate of drug-likeness (QED) is 0.278. The molecule has 5 aromatic carbocycles. The van der Waals surface area contributed by atoms with Gasteiger partial charge in [0.1, 0.15) is 5.58 Å². The van der Waals surface area contributed by atoms with Crippen LogP contribution in [0.25, 0.3) is 60.0 Å². The Hall–Kier alpha value is -4.44. The minimum absolute atomic E-state index is 0.227.